The average molecular weight is 478 g/mol. The quantitative estimate of drug-likeness (QED) is 0.321. The summed E-state index contributed by atoms with van der Waals surface area (Å²) in [6, 6.07) is 35.9. The second kappa shape index (κ2) is 13.9. The second-order valence-electron chi connectivity index (χ2n) is 6.51. The summed E-state index contributed by atoms with van der Waals surface area (Å²) >= 11 is 3.31. The van der Waals surface area contributed by atoms with Gasteiger partial charge >= 0.3 is 0 Å². The standard InChI is InChI=1S/C14H14O.C7H9NO.C6H5Br/c1-15-14-10-6-5-9-13(14)11-12-7-3-2-4-8-12;1-9-7-5-3-2-4-6(7)8;7-6-4-2-1-3-5-6/h2-10H,11H2,1H3;2-5H,8H2,1H3;1-5H. The predicted molar refractivity (Wildman–Crippen MR) is 134 cm³/mol. The number of benzene rings is 4. The van der Waals surface area contributed by atoms with Crippen LogP contribution in [0.5, 0.6) is 11.5 Å². The third kappa shape index (κ3) is 8.97. The number of ether oxygens (including phenoxy) is 2. The number of methoxy groups -OCH3 is 2. The maximum absolute atomic E-state index is 5.51. The smallest absolute Gasteiger partial charge is 0.141 e. The van der Waals surface area contributed by atoms with E-state index < -0.39 is 0 Å². The highest BCUT2D eigenvalue weighted by Gasteiger charge is 2.01. The van der Waals surface area contributed by atoms with E-state index in [9.17, 15) is 0 Å². The number of hydrogen-bond donors (Lipinski definition) is 1. The summed E-state index contributed by atoms with van der Waals surface area (Å²) in [7, 11) is 3.32. The van der Waals surface area contributed by atoms with Crippen molar-refractivity contribution in [3.8, 4) is 11.5 Å². The van der Waals surface area contributed by atoms with Crippen LogP contribution in [-0.4, -0.2) is 14.2 Å². The van der Waals surface area contributed by atoms with Crippen molar-refractivity contribution in [2.45, 2.75) is 6.42 Å². The van der Waals surface area contributed by atoms with Gasteiger partial charge in [0.05, 0.1) is 19.9 Å². The molecule has 3 nitrogen and oxygen atoms in total. The topological polar surface area (TPSA) is 44.5 Å². The van der Waals surface area contributed by atoms with Gasteiger partial charge in [-0.3, -0.25) is 0 Å². The Morgan fingerprint density at radius 2 is 1.10 bits per heavy atom. The Morgan fingerprint density at radius 3 is 1.58 bits per heavy atom. The third-order valence-corrected chi connectivity index (χ3v) is 4.83. The molecule has 0 aliphatic rings. The van der Waals surface area contributed by atoms with Crippen LogP contribution in [0.1, 0.15) is 11.1 Å². The molecular weight excluding hydrogens is 450 g/mol. The molecule has 0 fully saturated rings. The van der Waals surface area contributed by atoms with Crippen LogP contribution in [0.15, 0.2) is 114 Å². The molecule has 0 atom stereocenters. The summed E-state index contributed by atoms with van der Waals surface area (Å²) in [5.41, 5.74) is 8.72. The molecule has 0 heterocycles. The van der Waals surface area contributed by atoms with Gasteiger partial charge in [0.1, 0.15) is 11.5 Å². The van der Waals surface area contributed by atoms with Gasteiger partial charge in [-0.15, -0.1) is 0 Å². The van der Waals surface area contributed by atoms with E-state index in [1.165, 1.54) is 11.1 Å². The van der Waals surface area contributed by atoms with Gasteiger partial charge in [0, 0.05) is 10.9 Å². The minimum atomic E-state index is 0.681. The molecule has 160 valence electrons. The molecule has 4 heteroatoms. The fourth-order valence-electron chi connectivity index (χ4n) is 2.75. The summed E-state index contributed by atoms with van der Waals surface area (Å²) in [5, 5.41) is 0. The van der Waals surface area contributed by atoms with Crippen molar-refractivity contribution in [1.82, 2.24) is 0 Å². The maximum Gasteiger partial charge on any atom is 0.141 e. The monoisotopic (exact) mass is 477 g/mol. The number of anilines is 1. The van der Waals surface area contributed by atoms with Crippen molar-refractivity contribution in [2.75, 3.05) is 20.0 Å². The summed E-state index contributed by atoms with van der Waals surface area (Å²) < 4.78 is 11.4. The lowest BCUT2D eigenvalue weighted by atomic mass is 10.0. The molecule has 4 rings (SSSR count). The molecular formula is C27H28BrNO2. The number of nitrogen functional groups attached to an aromatic ring is 1. The molecule has 0 radical (unpaired) electrons. The van der Waals surface area contributed by atoms with Crippen molar-refractivity contribution in [3.05, 3.63) is 125 Å². The van der Waals surface area contributed by atoms with E-state index >= 15 is 0 Å². The lowest BCUT2D eigenvalue weighted by Gasteiger charge is -2.07. The molecule has 0 bridgehead atoms. The number of halogens is 1. The van der Waals surface area contributed by atoms with E-state index in [4.69, 9.17) is 15.2 Å². The van der Waals surface area contributed by atoms with Gasteiger partial charge in [-0.1, -0.05) is 94.8 Å². The number of hydrogen-bond acceptors (Lipinski definition) is 3. The van der Waals surface area contributed by atoms with Crippen LogP contribution < -0.4 is 15.2 Å². The minimum Gasteiger partial charge on any atom is -0.496 e. The minimum absolute atomic E-state index is 0.681. The normalized spacial score (nSPS) is 9.39. The highest BCUT2D eigenvalue weighted by Crippen LogP contribution is 2.20. The Bertz CT molecular complexity index is 1010. The summed E-state index contributed by atoms with van der Waals surface area (Å²) in [6.07, 6.45) is 0.921. The molecule has 31 heavy (non-hydrogen) atoms. The molecule has 0 unspecified atom stereocenters. The molecule has 0 aliphatic carbocycles. The highest BCUT2D eigenvalue weighted by molar-refractivity contribution is 9.10. The highest BCUT2D eigenvalue weighted by atomic mass is 79.9. The number of para-hydroxylation sites is 3. The predicted octanol–water partition coefficient (Wildman–Crippen LogP) is 7.01. The molecule has 0 saturated carbocycles. The molecule has 0 saturated heterocycles. The first-order chi connectivity index (χ1) is 15.1. The Morgan fingerprint density at radius 1 is 0.613 bits per heavy atom. The van der Waals surface area contributed by atoms with Crippen molar-refractivity contribution in [3.63, 3.8) is 0 Å². The lowest BCUT2D eigenvalue weighted by Crippen LogP contribution is -1.92. The molecule has 0 aliphatic heterocycles. The van der Waals surface area contributed by atoms with Gasteiger partial charge in [-0.2, -0.15) is 0 Å². The maximum atomic E-state index is 5.51. The van der Waals surface area contributed by atoms with Crippen LogP contribution in [0, 0.1) is 0 Å². The van der Waals surface area contributed by atoms with Crippen LogP contribution in [0.4, 0.5) is 5.69 Å². The van der Waals surface area contributed by atoms with Crippen LogP contribution in [0.3, 0.4) is 0 Å². The van der Waals surface area contributed by atoms with Crippen molar-refractivity contribution in [2.24, 2.45) is 0 Å². The van der Waals surface area contributed by atoms with E-state index in [-0.39, 0.29) is 0 Å². The zero-order valence-corrected chi connectivity index (χ0v) is 19.5. The number of nitrogens with two attached hydrogens (primary N) is 1. The molecule has 0 aromatic heterocycles. The van der Waals surface area contributed by atoms with E-state index in [0.717, 1.165) is 22.4 Å². The Hall–Kier alpha value is -3.24. The van der Waals surface area contributed by atoms with Gasteiger partial charge in [0.15, 0.2) is 0 Å². The first kappa shape index (κ1) is 24.0. The largest absolute Gasteiger partial charge is 0.496 e. The second-order valence-corrected chi connectivity index (χ2v) is 7.43. The van der Waals surface area contributed by atoms with Crippen LogP contribution in [0.2, 0.25) is 0 Å². The summed E-state index contributed by atoms with van der Waals surface area (Å²) in [4.78, 5) is 0. The van der Waals surface area contributed by atoms with Crippen LogP contribution in [0.25, 0.3) is 0 Å². The fourth-order valence-corrected chi connectivity index (χ4v) is 3.05. The van der Waals surface area contributed by atoms with Gasteiger partial charge in [0.25, 0.3) is 0 Å². The van der Waals surface area contributed by atoms with Crippen molar-refractivity contribution >= 4 is 21.6 Å². The van der Waals surface area contributed by atoms with Gasteiger partial charge < -0.3 is 15.2 Å². The van der Waals surface area contributed by atoms with Crippen LogP contribution >= 0.6 is 15.9 Å². The number of rotatable bonds is 4. The van der Waals surface area contributed by atoms with Gasteiger partial charge in [-0.25, -0.2) is 0 Å². The van der Waals surface area contributed by atoms with Crippen molar-refractivity contribution in [1.29, 1.82) is 0 Å². The molecule has 4 aromatic carbocycles. The summed E-state index contributed by atoms with van der Waals surface area (Å²) in [6.45, 7) is 0. The Balaban J connectivity index is 0.000000181. The van der Waals surface area contributed by atoms with E-state index in [1.54, 1.807) is 20.3 Å². The van der Waals surface area contributed by atoms with E-state index in [1.807, 2.05) is 72.8 Å². The lowest BCUT2D eigenvalue weighted by molar-refractivity contribution is 0.410. The zero-order valence-electron chi connectivity index (χ0n) is 17.9. The zero-order chi connectivity index (χ0) is 22.3. The molecule has 0 amide bonds. The fraction of sp³-hybridized carbons (Fsp3) is 0.111. The third-order valence-electron chi connectivity index (χ3n) is 4.30. The molecule has 2 N–H and O–H groups in total. The van der Waals surface area contributed by atoms with E-state index in [0.29, 0.717) is 5.69 Å². The molecule has 0 spiro atoms. The average Bonchev–Trinajstić information content (AvgIpc) is 2.82. The van der Waals surface area contributed by atoms with E-state index in [2.05, 4.69) is 46.3 Å². The van der Waals surface area contributed by atoms with Crippen molar-refractivity contribution < 1.29 is 9.47 Å². The molecule has 4 aromatic rings. The summed E-state index contributed by atoms with van der Waals surface area (Å²) in [5.74, 6) is 1.69. The SMILES string of the molecule is Brc1ccccc1.COc1ccccc1Cc1ccccc1.COc1ccccc1N. The Kier molecular flexibility index (Phi) is 10.8. The first-order valence-electron chi connectivity index (χ1n) is 9.89. The van der Waals surface area contributed by atoms with Gasteiger partial charge in [0.2, 0.25) is 0 Å². The van der Waals surface area contributed by atoms with Gasteiger partial charge in [-0.05, 0) is 41.5 Å². The first-order valence-corrected chi connectivity index (χ1v) is 10.7. The Labute approximate surface area is 193 Å². The van der Waals surface area contributed by atoms with Crippen LogP contribution in [-0.2, 0) is 6.42 Å².